The van der Waals surface area contributed by atoms with Gasteiger partial charge in [0.05, 0.1) is 23.9 Å². The number of benzene rings is 1. The van der Waals surface area contributed by atoms with Crippen molar-refractivity contribution < 1.29 is 4.74 Å². The number of methoxy groups -OCH3 is 1. The van der Waals surface area contributed by atoms with Crippen molar-refractivity contribution in [1.82, 2.24) is 4.98 Å². The molecule has 0 aliphatic carbocycles. The predicted molar refractivity (Wildman–Crippen MR) is 73.5 cm³/mol. The van der Waals surface area contributed by atoms with E-state index in [4.69, 9.17) is 10.00 Å². The quantitative estimate of drug-likeness (QED) is 0.785. The summed E-state index contributed by atoms with van der Waals surface area (Å²) < 4.78 is 5.04. The minimum atomic E-state index is 0.569. The highest BCUT2D eigenvalue weighted by Crippen LogP contribution is 2.24. The fourth-order valence-electron chi connectivity index (χ4n) is 1.42. The van der Waals surface area contributed by atoms with Crippen molar-refractivity contribution in [2.75, 3.05) is 7.11 Å². The lowest BCUT2D eigenvalue weighted by Gasteiger charge is -1.99. The van der Waals surface area contributed by atoms with Gasteiger partial charge >= 0.3 is 0 Å². The molecule has 1 heterocycles. The van der Waals surface area contributed by atoms with Crippen molar-refractivity contribution in [2.45, 2.75) is 17.3 Å². The van der Waals surface area contributed by atoms with Crippen LogP contribution >= 0.6 is 23.1 Å². The maximum absolute atomic E-state index is 8.83. The zero-order chi connectivity index (χ0) is 12.8. The Morgan fingerprint density at radius 3 is 3.17 bits per heavy atom. The molecule has 1 aromatic heterocycles. The van der Waals surface area contributed by atoms with E-state index >= 15 is 0 Å². The molecule has 0 atom stereocenters. The van der Waals surface area contributed by atoms with Crippen molar-refractivity contribution >= 4 is 23.1 Å². The summed E-state index contributed by atoms with van der Waals surface area (Å²) in [5.41, 5.74) is 1.75. The molecule has 0 spiro atoms. The van der Waals surface area contributed by atoms with E-state index in [2.05, 4.69) is 16.4 Å². The first-order valence-corrected chi connectivity index (χ1v) is 7.23. The normalized spacial score (nSPS) is 10.2. The van der Waals surface area contributed by atoms with Gasteiger partial charge in [0.2, 0.25) is 0 Å². The van der Waals surface area contributed by atoms with Gasteiger partial charge in [-0.05, 0) is 18.2 Å². The first-order valence-electron chi connectivity index (χ1n) is 5.37. The highest BCUT2D eigenvalue weighted by molar-refractivity contribution is 7.98. The molecule has 5 heteroatoms. The molecule has 1 aromatic carbocycles. The maximum Gasteiger partial charge on any atom is 0.119 e. The third kappa shape index (κ3) is 3.57. The molecular formula is C13H12N2OS2. The summed E-state index contributed by atoms with van der Waals surface area (Å²) in [6, 6.07) is 9.76. The standard InChI is InChI=1S/C13H12N2OS2/c1-16-7-13-15-11(9-18-13)8-17-12-4-2-3-10(5-12)6-14/h2-5,9H,7-8H2,1H3. The molecule has 0 aliphatic heterocycles. The molecule has 0 saturated carbocycles. The summed E-state index contributed by atoms with van der Waals surface area (Å²) >= 11 is 3.30. The Labute approximate surface area is 114 Å². The number of nitrogens with zero attached hydrogens (tertiary/aromatic N) is 2. The second kappa shape index (κ2) is 6.55. The fraction of sp³-hybridized carbons (Fsp3) is 0.231. The molecule has 0 bridgehead atoms. The van der Waals surface area contributed by atoms with Crippen LogP contribution in [0.15, 0.2) is 34.5 Å². The molecule has 18 heavy (non-hydrogen) atoms. The predicted octanol–water partition coefficient (Wildman–Crippen LogP) is 3.45. The third-order valence-electron chi connectivity index (χ3n) is 2.22. The van der Waals surface area contributed by atoms with Crippen LogP contribution in [0.4, 0.5) is 0 Å². The Morgan fingerprint density at radius 2 is 2.39 bits per heavy atom. The maximum atomic E-state index is 8.83. The van der Waals surface area contributed by atoms with Crippen LogP contribution in [0.3, 0.4) is 0 Å². The lowest BCUT2D eigenvalue weighted by molar-refractivity contribution is 0.184. The number of thioether (sulfide) groups is 1. The van der Waals surface area contributed by atoms with E-state index in [1.807, 2.05) is 24.3 Å². The molecule has 2 aromatic rings. The lowest BCUT2D eigenvalue weighted by Crippen LogP contribution is -1.87. The molecule has 3 nitrogen and oxygen atoms in total. The number of hydrogen-bond donors (Lipinski definition) is 0. The van der Waals surface area contributed by atoms with Crippen LogP contribution < -0.4 is 0 Å². The summed E-state index contributed by atoms with van der Waals surface area (Å²) in [5.74, 6) is 0.815. The van der Waals surface area contributed by atoms with Gasteiger partial charge in [-0.15, -0.1) is 23.1 Å². The smallest absolute Gasteiger partial charge is 0.119 e. The topological polar surface area (TPSA) is 45.9 Å². The Morgan fingerprint density at radius 1 is 1.50 bits per heavy atom. The van der Waals surface area contributed by atoms with E-state index in [1.54, 1.807) is 30.2 Å². The van der Waals surface area contributed by atoms with Gasteiger partial charge in [-0.3, -0.25) is 0 Å². The minimum absolute atomic E-state index is 0.569. The van der Waals surface area contributed by atoms with Gasteiger partial charge in [0.1, 0.15) is 5.01 Å². The van der Waals surface area contributed by atoms with Crippen molar-refractivity contribution in [3.63, 3.8) is 0 Å². The van der Waals surface area contributed by atoms with Crippen LogP contribution in [0.1, 0.15) is 16.3 Å². The monoisotopic (exact) mass is 276 g/mol. The van der Waals surface area contributed by atoms with E-state index in [-0.39, 0.29) is 0 Å². The average Bonchev–Trinajstić information content (AvgIpc) is 2.85. The number of aromatic nitrogens is 1. The molecule has 92 valence electrons. The Balaban J connectivity index is 1.96. The van der Waals surface area contributed by atoms with E-state index in [0.29, 0.717) is 12.2 Å². The molecular weight excluding hydrogens is 264 g/mol. The number of rotatable bonds is 5. The van der Waals surface area contributed by atoms with Gasteiger partial charge < -0.3 is 4.74 Å². The number of hydrogen-bond acceptors (Lipinski definition) is 5. The first-order chi connectivity index (χ1) is 8.81. The Bertz CT molecular complexity index is 560. The van der Waals surface area contributed by atoms with Gasteiger partial charge in [0, 0.05) is 23.1 Å². The molecule has 0 N–H and O–H groups in total. The third-order valence-corrected chi connectivity index (χ3v) is 4.12. The number of nitriles is 1. The molecule has 0 fully saturated rings. The fourth-order valence-corrected chi connectivity index (χ4v) is 3.13. The zero-order valence-electron chi connectivity index (χ0n) is 9.92. The van der Waals surface area contributed by atoms with Gasteiger partial charge in [0.15, 0.2) is 0 Å². The lowest BCUT2D eigenvalue weighted by atomic mass is 10.2. The van der Waals surface area contributed by atoms with Crippen LogP contribution in [0.5, 0.6) is 0 Å². The van der Waals surface area contributed by atoms with Gasteiger partial charge in [-0.25, -0.2) is 4.98 Å². The van der Waals surface area contributed by atoms with Crippen LogP contribution in [-0.2, 0) is 17.1 Å². The summed E-state index contributed by atoms with van der Waals surface area (Å²) in [6.45, 7) is 0.569. The van der Waals surface area contributed by atoms with Crippen LogP contribution in [0.2, 0.25) is 0 Å². The first kappa shape index (κ1) is 13.1. The second-order valence-corrected chi connectivity index (χ2v) is 5.59. The molecule has 0 radical (unpaired) electrons. The minimum Gasteiger partial charge on any atom is -0.378 e. The van der Waals surface area contributed by atoms with Crippen molar-refractivity contribution in [1.29, 1.82) is 5.26 Å². The molecule has 0 aliphatic rings. The molecule has 0 amide bonds. The summed E-state index contributed by atoms with van der Waals surface area (Å²) in [5, 5.41) is 11.9. The van der Waals surface area contributed by atoms with Gasteiger partial charge in [-0.1, -0.05) is 6.07 Å². The van der Waals surface area contributed by atoms with E-state index in [9.17, 15) is 0 Å². The van der Waals surface area contributed by atoms with Crippen LogP contribution in [0, 0.1) is 11.3 Å². The van der Waals surface area contributed by atoms with E-state index in [1.165, 1.54) is 0 Å². The van der Waals surface area contributed by atoms with Crippen LogP contribution in [-0.4, -0.2) is 12.1 Å². The summed E-state index contributed by atoms with van der Waals surface area (Å²) in [7, 11) is 1.67. The van der Waals surface area contributed by atoms with Crippen molar-refractivity contribution in [3.8, 4) is 6.07 Å². The summed E-state index contributed by atoms with van der Waals surface area (Å²) in [6.07, 6.45) is 0. The number of thiazole rings is 1. The number of ether oxygens (including phenoxy) is 1. The van der Waals surface area contributed by atoms with Gasteiger partial charge in [0.25, 0.3) is 0 Å². The zero-order valence-corrected chi connectivity index (χ0v) is 11.6. The average molecular weight is 276 g/mol. The Kier molecular flexibility index (Phi) is 4.76. The Hall–Kier alpha value is -1.35. The second-order valence-electron chi connectivity index (χ2n) is 3.59. The van der Waals surface area contributed by atoms with Crippen molar-refractivity contribution in [2.24, 2.45) is 0 Å². The van der Waals surface area contributed by atoms with E-state index in [0.717, 1.165) is 21.3 Å². The van der Waals surface area contributed by atoms with E-state index < -0.39 is 0 Å². The van der Waals surface area contributed by atoms with Gasteiger partial charge in [-0.2, -0.15) is 5.26 Å². The SMILES string of the molecule is COCc1nc(CSc2cccc(C#N)c2)cs1. The van der Waals surface area contributed by atoms with Crippen molar-refractivity contribution in [3.05, 3.63) is 45.9 Å². The molecule has 0 unspecified atom stereocenters. The van der Waals surface area contributed by atoms with Crippen LogP contribution in [0.25, 0.3) is 0 Å². The molecule has 0 saturated heterocycles. The largest absolute Gasteiger partial charge is 0.378 e. The summed E-state index contributed by atoms with van der Waals surface area (Å²) in [4.78, 5) is 5.56. The highest BCUT2D eigenvalue weighted by Gasteiger charge is 2.03. The molecule has 2 rings (SSSR count). The highest BCUT2D eigenvalue weighted by atomic mass is 32.2.